The van der Waals surface area contributed by atoms with Gasteiger partial charge in [0, 0.05) is 23.5 Å². The number of benzene rings is 1. The van der Waals surface area contributed by atoms with Gasteiger partial charge in [0.05, 0.1) is 17.6 Å². The Morgan fingerprint density at radius 2 is 2.11 bits per heavy atom. The van der Waals surface area contributed by atoms with E-state index < -0.39 is 5.91 Å². The predicted octanol–water partition coefficient (Wildman–Crippen LogP) is 3.64. The molecular weight excluding hydrogens is 386 g/mol. The number of thiazole rings is 1. The molecule has 0 aliphatic carbocycles. The molecule has 3 aromatic rings. The number of amides is 2. The zero-order chi connectivity index (χ0) is 19.2. The molecule has 2 amide bonds. The quantitative estimate of drug-likeness (QED) is 0.524. The fourth-order valence-electron chi connectivity index (χ4n) is 2.19. The highest BCUT2D eigenvalue weighted by Gasteiger charge is 2.18. The molecule has 0 fully saturated rings. The zero-order valence-electron chi connectivity index (χ0n) is 14.2. The summed E-state index contributed by atoms with van der Waals surface area (Å²) < 4.78 is 0. The highest BCUT2D eigenvalue weighted by molar-refractivity contribution is 7.14. The highest BCUT2D eigenvalue weighted by atomic mass is 35.5. The van der Waals surface area contributed by atoms with E-state index in [1.54, 1.807) is 47.8 Å². The molecule has 0 atom stereocenters. The van der Waals surface area contributed by atoms with Crippen molar-refractivity contribution in [2.45, 2.75) is 6.92 Å². The van der Waals surface area contributed by atoms with Crippen molar-refractivity contribution < 1.29 is 9.59 Å². The van der Waals surface area contributed by atoms with Crippen LogP contribution in [0.15, 0.2) is 59.1 Å². The lowest BCUT2D eigenvalue weighted by Crippen LogP contribution is -2.22. The molecule has 9 heteroatoms. The maximum Gasteiger partial charge on any atom is 0.289 e. The first-order valence-corrected chi connectivity index (χ1v) is 9.06. The predicted molar refractivity (Wildman–Crippen MR) is 106 cm³/mol. The fraction of sp³-hybridized carbons (Fsp3) is 0.0556. The van der Waals surface area contributed by atoms with E-state index in [1.165, 1.54) is 35.6 Å². The van der Waals surface area contributed by atoms with Crippen LogP contribution in [0.2, 0.25) is 5.02 Å². The van der Waals surface area contributed by atoms with Crippen molar-refractivity contribution in [3.05, 3.63) is 70.5 Å². The van der Waals surface area contributed by atoms with Crippen LogP contribution in [0, 0.1) is 0 Å². The standard InChI is InChI=1S/C18H14ClN5O2S/c1-12(25)24(15-6-4-5-13(19)9-15)18-22-14(11-27-18)10-21-23-17(26)16-7-2-3-8-20-16/h2-11H,1H3,(H,23,26)/b21-10-. The summed E-state index contributed by atoms with van der Waals surface area (Å²) in [6.07, 6.45) is 2.93. The first-order valence-electron chi connectivity index (χ1n) is 7.81. The molecule has 136 valence electrons. The first-order chi connectivity index (χ1) is 13.0. The monoisotopic (exact) mass is 399 g/mol. The zero-order valence-corrected chi connectivity index (χ0v) is 15.7. The first kappa shape index (κ1) is 18.7. The van der Waals surface area contributed by atoms with Crippen LogP contribution in [0.4, 0.5) is 10.8 Å². The van der Waals surface area contributed by atoms with Gasteiger partial charge in [-0.2, -0.15) is 5.10 Å². The van der Waals surface area contributed by atoms with E-state index in [-0.39, 0.29) is 11.6 Å². The molecule has 27 heavy (non-hydrogen) atoms. The van der Waals surface area contributed by atoms with Crippen LogP contribution in [0.5, 0.6) is 0 Å². The van der Waals surface area contributed by atoms with Crippen LogP contribution < -0.4 is 10.3 Å². The fourth-order valence-corrected chi connectivity index (χ4v) is 3.21. The third-order valence-electron chi connectivity index (χ3n) is 3.34. The van der Waals surface area contributed by atoms with E-state index in [0.717, 1.165) is 0 Å². The van der Waals surface area contributed by atoms with Gasteiger partial charge in [0.15, 0.2) is 5.13 Å². The van der Waals surface area contributed by atoms with Crippen LogP contribution in [0.3, 0.4) is 0 Å². The molecule has 0 spiro atoms. The molecule has 0 aliphatic rings. The molecule has 1 N–H and O–H groups in total. The number of rotatable bonds is 5. The number of halogens is 1. The number of hydrogen-bond acceptors (Lipinski definition) is 6. The lowest BCUT2D eigenvalue weighted by Gasteiger charge is -2.18. The number of carbonyl (C=O) groups excluding carboxylic acids is 2. The minimum Gasteiger partial charge on any atom is -0.274 e. The summed E-state index contributed by atoms with van der Waals surface area (Å²) in [4.78, 5) is 33.7. The Morgan fingerprint density at radius 3 is 2.81 bits per heavy atom. The number of hydrazone groups is 1. The number of aromatic nitrogens is 2. The molecule has 0 aliphatic heterocycles. The van der Waals surface area contributed by atoms with Gasteiger partial charge in [-0.15, -0.1) is 11.3 Å². The maximum absolute atomic E-state index is 12.1. The van der Waals surface area contributed by atoms with E-state index >= 15 is 0 Å². The Labute approximate surface area is 164 Å². The second-order valence-corrected chi connectivity index (χ2v) is 6.58. The van der Waals surface area contributed by atoms with Gasteiger partial charge < -0.3 is 0 Å². The number of carbonyl (C=O) groups is 2. The minimum absolute atomic E-state index is 0.196. The summed E-state index contributed by atoms with van der Waals surface area (Å²) in [5, 5.41) is 6.60. The Morgan fingerprint density at radius 1 is 1.26 bits per heavy atom. The van der Waals surface area contributed by atoms with Crippen molar-refractivity contribution in [1.82, 2.24) is 15.4 Å². The van der Waals surface area contributed by atoms with Gasteiger partial charge in [-0.05, 0) is 30.3 Å². The highest BCUT2D eigenvalue weighted by Crippen LogP contribution is 2.30. The van der Waals surface area contributed by atoms with Crippen molar-refractivity contribution in [3.8, 4) is 0 Å². The largest absolute Gasteiger partial charge is 0.289 e. The number of anilines is 2. The second-order valence-electron chi connectivity index (χ2n) is 5.30. The molecule has 0 radical (unpaired) electrons. The minimum atomic E-state index is -0.424. The molecular formula is C18H14ClN5O2S. The van der Waals surface area contributed by atoms with Crippen LogP contribution in [0.1, 0.15) is 23.1 Å². The van der Waals surface area contributed by atoms with E-state index in [4.69, 9.17) is 11.6 Å². The molecule has 0 saturated heterocycles. The molecule has 3 rings (SSSR count). The van der Waals surface area contributed by atoms with Crippen molar-refractivity contribution in [1.29, 1.82) is 0 Å². The lowest BCUT2D eigenvalue weighted by molar-refractivity contribution is -0.115. The van der Waals surface area contributed by atoms with Crippen LogP contribution in [-0.2, 0) is 4.79 Å². The number of hydrogen-bond donors (Lipinski definition) is 1. The average Bonchev–Trinajstić information content (AvgIpc) is 3.10. The summed E-state index contributed by atoms with van der Waals surface area (Å²) in [5.74, 6) is -0.620. The van der Waals surface area contributed by atoms with Crippen molar-refractivity contribution in [2.75, 3.05) is 4.90 Å². The van der Waals surface area contributed by atoms with Crippen LogP contribution >= 0.6 is 22.9 Å². The topological polar surface area (TPSA) is 87.5 Å². The molecule has 1 aromatic carbocycles. The maximum atomic E-state index is 12.1. The Bertz CT molecular complexity index is 990. The smallest absolute Gasteiger partial charge is 0.274 e. The number of nitrogens with one attached hydrogen (secondary N) is 1. The van der Waals surface area contributed by atoms with Crippen molar-refractivity contribution in [2.24, 2.45) is 5.10 Å². The Balaban J connectivity index is 1.73. The summed E-state index contributed by atoms with van der Waals surface area (Å²) in [6.45, 7) is 1.45. The Hall–Kier alpha value is -3.10. The van der Waals surface area contributed by atoms with E-state index in [2.05, 4.69) is 20.5 Å². The molecule has 7 nitrogen and oxygen atoms in total. The SMILES string of the molecule is CC(=O)N(c1cccc(Cl)c1)c1nc(/C=N\NC(=O)c2ccccn2)cs1. The van der Waals surface area contributed by atoms with Gasteiger partial charge in [0.25, 0.3) is 5.91 Å². The lowest BCUT2D eigenvalue weighted by atomic mass is 10.3. The molecule has 2 heterocycles. The normalized spacial score (nSPS) is 10.7. The average molecular weight is 400 g/mol. The van der Waals surface area contributed by atoms with Crippen molar-refractivity contribution >= 4 is 51.8 Å². The number of pyridine rings is 1. The third kappa shape index (κ3) is 4.75. The summed E-state index contributed by atoms with van der Waals surface area (Å²) in [5.41, 5.74) is 3.77. The van der Waals surface area contributed by atoms with Gasteiger partial charge >= 0.3 is 0 Å². The van der Waals surface area contributed by atoms with Crippen LogP contribution in [0.25, 0.3) is 0 Å². The number of nitrogens with zero attached hydrogens (tertiary/aromatic N) is 4. The van der Waals surface area contributed by atoms with Crippen LogP contribution in [-0.4, -0.2) is 28.0 Å². The molecule has 0 unspecified atom stereocenters. The van der Waals surface area contributed by atoms with Gasteiger partial charge in [-0.25, -0.2) is 10.4 Å². The van der Waals surface area contributed by atoms with Gasteiger partial charge in [0.2, 0.25) is 5.91 Å². The Kier molecular flexibility index (Phi) is 5.90. The van der Waals surface area contributed by atoms with Gasteiger partial charge in [-0.1, -0.05) is 23.7 Å². The van der Waals surface area contributed by atoms with E-state index in [0.29, 0.717) is 21.5 Å². The molecule has 0 saturated carbocycles. The van der Waals surface area contributed by atoms with Gasteiger partial charge in [0.1, 0.15) is 5.69 Å². The summed E-state index contributed by atoms with van der Waals surface area (Å²) in [6, 6.07) is 12.0. The van der Waals surface area contributed by atoms with E-state index in [1.807, 2.05) is 0 Å². The van der Waals surface area contributed by atoms with Gasteiger partial charge in [-0.3, -0.25) is 19.5 Å². The molecule has 0 bridgehead atoms. The second kappa shape index (κ2) is 8.52. The third-order valence-corrected chi connectivity index (χ3v) is 4.42. The summed E-state index contributed by atoms with van der Waals surface area (Å²) in [7, 11) is 0. The van der Waals surface area contributed by atoms with E-state index in [9.17, 15) is 9.59 Å². The van der Waals surface area contributed by atoms with Crippen molar-refractivity contribution in [3.63, 3.8) is 0 Å². The summed E-state index contributed by atoms with van der Waals surface area (Å²) >= 11 is 7.29. The molecule has 2 aromatic heterocycles.